The van der Waals surface area contributed by atoms with Gasteiger partial charge in [-0.2, -0.15) is 0 Å². The molecule has 18 heavy (non-hydrogen) atoms. The van der Waals surface area contributed by atoms with Crippen LogP contribution in [0.3, 0.4) is 0 Å². The highest BCUT2D eigenvalue weighted by molar-refractivity contribution is 5.95. The van der Waals surface area contributed by atoms with Crippen LogP contribution in [0.5, 0.6) is 0 Å². The van der Waals surface area contributed by atoms with E-state index in [0.29, 0.717) is 18.7 Å². The molecule has 0 aromatic heterocycles. The van der Waals surface area contributed by atoms with Gasteiger partial charge in [0.05, 0.1) is 6.54 Å². The second kappa shape index (κ2) is 5.59. The average Bonchev–Trinajstić information content (AvgIpc) is 2.84. The molecule has 1 aliphatic rings. The van der Waals surface area contributed by atoms with Gasteiger partial charge in [-0.3, -0.25) is 4.79 Å². The van der Waals surface area contributed by atoms with Gasteiger partial charge in [-0.05, 0) is 30.5 Å². The van der Waals surface area contributed by atoms with Crippen LogP contribution in [-0.4, -0.2) is 30.4 Å². The summed E-state index contributed by atoms with van der Waals surface area (Å²) in [4.78, 5) is 14.0. The molecule has 0 fully saturated rings. The number of nitrogens with one attached hydrogen (secondary N) is 1. The predicted octanol–water partition coefficient (Wildman–Crippen LogP) is 2.14. The predicted molar refractivity (Wildman–Crippen MR) is 73.7 cm³/mol. The first-order valence-electron chi connectivity index (χ1n) is 6.35. The van der Waals surface area contributed by atoms with E-state index in [0.717, 1.165) is 25.1 Å². The Bertz CT molecular complexity index is 488. The Kier molecular flexibility index (Phi) is 3.88. The first-order valence-corrected chi connectivity index (χ1v) is 6.35. The van der Waals surface area contributed by atoms with Crippen LogP contribution in [0.15, 0.2) is 18.2 Å². The monoisotopic (exact) mass is 242 g/mol. The van der Waals surface area contributed by atoms with Gasteiger partial charge in [0.2, 0.25) is 0 Å². The fraction of sp³-hybridized carbons (Fsp3) is 0.400. The summed E-state index contributed by atoms with van der Waals surface area (Å²) in [6.45, 7) is 4.07. The number of rotatable bonds is 4. The summed E-state index contributed by atoms with van der Waals surface area (Å²) >= 11 is 0. The highest BCUT2D eigenvalue weighted by Crippen LogP contribution is 2.23. The van der Waals surface area contributed by atoms with E-state index in [2.05, 4.69) is 11.2 Å². The van der Waals surface area contributed by atoms with Crippen molar-refractivity contribution in [2.45, 2.75) is 19.8 Å². The lowest BCUT2D eigenvalue weighted by Gasteiger charge is -2.19. The number of nitrogens with zero attached hydrogens (tertiary/aromatic N) is 1. The molecule has 1 aliphatic heterocycles. The number of carbonyl (C=O) groups excluding carboxylic acids is 1. The Balaban J connectivity index is 2.19. The summed E-state index contributed by atoms with van der Waals surface area (Å²) in [5.41, 5.74) is 3.08. The topological polar surface area (TPSA) is 32.3 Å². The van der Waals surface area contributed by atoms with Crippen LogP contribution in [0.25, 0.3) is 0 Å². The maximum atomic E-state index is 12.3. The van der Waals surface area contributed by atoms with Gasteiger partial charge in [0, 0.05) is 24.3 Å². The van der Waals surface area contributed by atoms with E-state index in [4.69, 9.17) is 6.42 Å². The van der Waals surface area contributed by atoms with E-state index in [1.54, 1.807) is 4.90 Å². The maximum Gasteiger partial charge on any atom is 0.254 e. The van der Waals surface area contributed by atoms with Crippen LogP contribution < -0.4 is 5.32 Å². The maximum absolute atomic E-state index is 12.3. The molecule has 0 spiro atoms. The number of anilines is 1. The Hall–Kier alpha value is -1.95. The molecule has 1 aromatic rings. The van der Waals surface area contributed by atoms with Gasteiger partial charge < -0.3 is 10.2 Å². The van der Waals surface area contributed by atoms with Crippen LogP contribution in [0.2, 0.25) is 0 Å². The van der Waals surface area contributed by atoms with Crippen LogP contribution in [0.1, 0.15) is 29.3 Å². The lowest BCUT2D eigenvalue weighted by Crippen LogP contribution is -2.32. The molecule has 3 nitrogen and oxygen atoms in total. The first kappa shape index (κ1) is 12.5. The zero-order chi connectivity index (χ0) is 13.0. The van der Waals surface area contributed by atoms with E-state index in [1.807, 2.05) is 25.1 Å². The van der Waals surface area contributed by atoms with Crippen LogP contribution >= 0.6 is 0 Å². The molecule has 0 radical (unpaired) electrons. The van der Waals surface area contributed by atoms with Crippen molar-refractivity contribution >= 4 is 11.6 Å². The molecule has 0 atom stereocenters. The van der Waals surface area contributed by atoms with Crippen molar-refractivity contribution in [3.05, 3.63) is 29.3 Å². The fourth-order valence-electron chi connectivity index (χ4n) is 2.24. The molecule has 0 saturated carbocycles. The van der Waals surface area contributed by atoms with E-state index in [-0.39, 0.29) is 5.91 Å². The minimum absolute atomic E-state index is 0.0197. The van der Waals surface area contributed by atoms with Crippen molar-refractivity contribution in [1.82, 2.24) is 4.90 Å². The summed E-state index contributed by atoms with van der Waals surface area (Å²) in [5, 5.41) is 3.29. The highest BCUT2D eigenvalue weighted by Gasteiger charge is 2.17. The van der Waals surface area contributed by atoms with Crippen molar-refractivity contribution < 1.29 is 4.79 Å². The lowest BCUT2D eigenvalue weighted by atomic mass is 10.1. The molecule has 94 valence electrons. The van der Waals surface area contributed by atoms with Gasteiger partial charge in [0.1, 0.15) is 0 Å². The van der Waals surface area contributed by atoms with Crippen LogP contribution in [-0.2, 0) is 6.42 Å². The molecule has 1 heterocycles. The molecular weight excluding hydrogens is 224 g/mol. The summed E-state index contributed by atoms with van der Waals surface area (Å²) < 4.78 is 0. The summed E-state index contributed by atoms with van der Waals surface area (Å²) in [6.07, 6.45) is 7.26. The normalized spacial score (nSPS) is 12.4. The van der Waals surface area contributed by atoms with Crippen molar-refractivity contribution in [1.29, 1.82) is 0 Å². The van der Waals surface area contributed by atoms with Crippen LogP contribution in [0.4, 0.5) is 5.69 Å². The molecule has 0 aliphatic carbocycles. The van der Waals surface area contributed by atoms with Gasteiger partial charge in [-0.25, -0.2) is 0 Å². The third-order valence-corrected chi connectivity index (χ3v) is 3.13. The summed E-state index contributed by atoms with van der Waals surface area (Å²) in [5.74, 6) is 2.56. The van der Waals surface area contributed by atoms with Crippen molar-refractivity contribution in [2.24, 2.45) is 0 Å². The smallest absolute Gasteiger partial charge is 0.254 e. The average molecular weight is 242 g/mol. The molecule has 0 bridgehead atoms. The van der Waals surface area contributed by atoms with Gasteiger partial charge in [-0.15, -0.1) is 6.42 Å². The molecule has 1 aromatic carbocycles. The summed E-state index contributed by atoms with van der Waals surface area (Å²) in [6, 6.07) is 5.86. The third kappa shape index (κ3) is 2.48. The van der Waals surface area contributed by atoms with E-state index in [9.17, 15) is 4.79 Å². The minimum atomic E-state index is 0.0197. The number of hydrogen-bond donors (Lipinski definition) is 1. The second-order valence-electron chi connectivity index (χ2n) is 4.48. The zero-order valence-electron chi connectivity index (χ0n) is 10.7. The SMILES string of the molecule is C#CCN(CCC)C(=O)c1ccc2c(c1)NCC2. The summed E-state index contributed by atoms with van der Waals surface area (Å²) in [7, 11) is 0. The molecule has 1 amide bonds. The van der Waals surface area contributed by atoms with E-state index in [1.165, 1.54) is 5.56 Å². The fourth-order valence-corrected chi connectivity index (χ4v) is 2.24. The second-order valence-corrected chi connectivity index (χ2v) is 4.48. The number of benzene rings is 1. The van der Waals surface area contributed by atoms with E-state index < -0.39 is 0 Å². The molecule has 1 N–H and O–H groups in total. The zero-order valence-corrected chi connectivity index (χ0v) is 10.7. The number of hydrogen-bond acceptors (Lipinski definition) is 2. The van der Waals surface area contributed by atoms with E-state index >= 15 is 0 Å². The standard InChI is InChI=1S/C15H18N2O/c1-3-9-17(10-4-2)15(18)13-6-5-12-7-8-16-14(12)11-13/h1,5-6,11,16H,4,7-10H2,2H3. The number of terminal acetylenes is 1. The molecule has 0 unspecified atom stereocenters. The number of carbonyl (C=O) groups is 1. The number of amides is 1. The van der Waals surface area contributed by atoms with Gasteiger partial charge in [0.25, 0.3) is 5.91 Å². The Morgan fingerprint density at radius 2 is 2.39 bits per heavy atom. The third-order valence-electron chi connectivity index (χ3n) is 3.13. The molecular formula is C15H18N2O. The molecule has 3 heteroatoms. The molecule has 2 rings (SSSR count). The quantitative estimate of drug-likeness (QED) is 0.820. The lowest BCUT2D eigenvalue weighted by molar-refractivity contribution is 0.0777. The van der Waals surface area contributed by atoms with Crippen LogP contribution in [0, 0.1) is 12.3 Å². The highest BCUT2D eigenvalue weighted by atomic mass is 16.2. The minimum Gasteiger partial charge on any atom is -0.384 e. The Morgan fingerprint density at radius 1 is 1.56 bits per heavy atom. The van der Waals surface area contributed by atoms with Crippen molar-refractivity contribution in [2.75, 3.05) is 25.0 Å². The van der Waals surface area contributed by atoms with Gasteiger partial charge in [-0.1, -0.05) is 18.9 Å². The van der Waals surface area contributed by atoms with Crippen molar-refractivity contribution in [3.8, 4) is 12.3 Å². The van der Waals surface area contributed by atoms with Gasteiger partial charge in [0.15, 0.2) is 0 Å². The largest absolute Gasteiger partial charge is 0.384 e. The number of fused-ring (bicyclic) bond motifs is 1. The molecule has 0 saturated heterocycles. The van der Waals surface area contributed by atoms with Crippen molar-refractivity contribution in [3.63, 3.8) is 0 Å². The Labute approximate surface area is 108 Å². The first-order chi connectivity index (χ1) is 8.76. The van der Waals surface area contributed by atoms with Gasteiger partial charge >= 0.3 is 0 Å². The Morgan fingerprint density at radius 3 is 3.11 bits per heavy atom.